The van der Waals surface area contributed by atoms with Gasteiger partial charge in [-0.05, 0) is 43.9 Å². The number of hydrogen-bond donors (Lipinski definition) is 1. The van der Waals surface area contributed by atoms with Crippen LogP contribution in [0, 0.1) is 17.8 Å². The van der Waals surface area contributed by atoms with Crippen LogP contribution in [0.1, 0.15) is 37.7 Å². The summed E-state index contributed by atoms with van der Waals surface area (Å²) < 4.78 is 39.9. The third-order valence-corrected chi connectivity index (χ3v) is 5.71. The molecule has 0 saturated heterocycles. The van der Waals surface area contributed by atoms with E-state index < -0.39 is 11.7 Å². The van der Waals surface area contributed by atoms with Gasteiger partial charge < -0.3 is 5.32 Å². The SMILES string of the molecule is O=C(Nc1cnn(-c2cccc(C(F)(F)F)c2)c1)C1CC2CCCC(C1)C2=O. The molecule has 2 aliphatic rings. The minimum atomic E-state index is -4.43. The molecule has 1 aromatic carbocycles. The largest absolute Gasteiger partial charge is 0.416 e. The molecule has 1 heterocycles. The van der Waals surface area contributed by atoms with Gasteiger partial charge in [-0.15, -0.1) is 0 Å². The van der Waals surface area contributed by atoms with Gasteiger partial charge in [0.05, 0.1) is 29.3 Å². The first-order chi connectivity index (χ1) is 13.3. The van der Waals surface area contributed by atoms with Crippen molar-refractivity contribution in [1.82, 2.24) is 9.78 Å². The van der Waals surface area contributed by atoms with Gasteiger partial charge in [0.25, 0.3) is 0 Å². The highest BCUT2D eigenvalue weighted by molar-refractivity contribution is 5.95. The van der Waals surface area contributed by atoms with Gasteiger partial charge in [0.2, 0.25) is 5.91 Å². The number of carbonyl (C=O) groups is 2. The Bertz CT molecular complexity index is 890. The monoisotopic (exact) mass is 391 g/mol. The molecular formula is C20H20F3N3O2. The predicted molar refractivity (Wildman–Crippen MR) is 95.8 cm³/mol. The van der Waals surface area contributed by atoms with Crippen LogP contribution in [0.3, 0.4) is 0 Å². The lowest BCUT2D eigenvalue weighted by molar-refractivity contribution is -0.138. The maximum absolute atomic E-state index is 12.9. The highest BCUT2D eigenvalue weighted by atomic mass is 19.4. The number of fused-ring (bicyclic) bond motifs is 2. The van der Waals surface area contributed by atoms with E-state index in [4.69, 9.17) is 0 Å². The number of rotatable bonds is 3. The van der Waals surface area contributed by atoms with E-state index in [2.05, 4.69) is 10.4 Å². The maximum Gasteiger partial charge on any atom is 0.416 e. The maximum atomic E-state index is 12.9. The lowest BCUT2D eigenvalue weighted by atomic mass is 9.67. The molecule has 2 aliphatic carbocycles. The predicted octanol–water partition coefficient (Wildman–Crippen LogP) is 4.23. The van der Waals surface area contributed by atoms with Crippen molar-refractivity contribution in [2.24, 2.45) is 17.8 Å². The summed E-state index contributed by atoms with van der Waals surface area (Å²) in [6.45, 7) is 0. The third kappa shape index (κ3) is 3.68. The van der Waals surface area contributed by atoms with E-state index in [0.29, 0.717) is 24.3 Å². The van der Waals surface area contributed by atoms with Crippen molar-refractivity contribution in [3.63, 3.8) is 0 Å². The van der Waals surface area contributed by atoms with Crippen molar-refractivity contribution >= 4 is 17.4 Å². The second kappa shape index (κ2) is 7.07. The van der Waals surface area contributed by atoms with Crippen LogP contribution >= 0.6 is 0 Å². The van der Waals surface area contributed by atoms with E-state index >= 15 is 0 Å². The zero-order valence-electron chi connectivity index (χ0n) is 15.1. The molecular weight excluding hydrogens is 371 g/mol. The van der Waals surface area contributed by atoms with Crippen LogP contribution < -0.4 is 5.32 Å². The zero-order valence-corrected chi connectivity index (χ0v) is 15.1. The molecule has 5 nitrogen and oxygen atoms in total. The second-order valence-electron chi connectivity index (χ2n) is 7.61. The lowest BCUT2D eigenvalue weighted by Crippen LogP contribution is -2.40. The molecule has 2 atom stereocenters. The summed E-state index contributed by atoms with van der Waals surface area (Å²) in [4.78, 5) is 24.8. The molecule has 4 rings (SSSR count). The van der Waals surface area contributed by atoms with E-state index in [9.17, 15) is 22.8 Å². The van der Waals surface area contributed by atoms with Crippen LogP contribution in [0.5, 0.6) is 0 Å². The van der Waals surface area contributed by atoms with Gasteiger partial charge in [0.1, 0.15) is 5.78 Å². The molecule has 1 aromatic heterocycles. The zero-order chi connectivity index (χ0) is 19.9. The molecule has 148 valence electrons. The minimum Gasteiger partial charge on any atom is -0.323 e. The summed E-state index contributed by atoms with van der Waals surface area (Å²) in [5.74, 6) is -0.113. The summed E-state index contributed by atoms with van der Waals surface area (Å²) in [5.41, 5.74) is -0.0814. The Kier molecular flexibility index (Phi) is 4.72. The van der Waals surface area contributed by atoms with E-state index in [1.807, 2.05) is 0 Å². The Morgan fingerprint density at radius 1 is 1.18 bits per heavy atom. The van der Waals surface area contributed by atoms with Crippen LogP contribution in [0.2, 0.25) is 0 Å². The summed E-state index contributed by atoms with van der Waals surface area (Å²) >= 11 is 0. The van der Waals surface area contributed by atoms with Gasteiger partial charge in [0.15, 0.2) is 0 Å². The molecule has 2 fully saturated rings. The van der Waals surface area contributed by atoms with Gasteiger partial charge in [-0.3, -0.25) is 9.59 Å². The Hall–Kier alpha value is -2.64. The quantitative estimate of drug-likeness (QED) is 0.852. The molecule has 2 aromatic rings. The lowest BCUT2D eigenvalue weighted by Gasteiger charge is -2.36. The highest BCUT2D eigenvalue weighted by Crippen LogP contribution is 2.40. The number of nitrogens with zero attached hydrogens (tertiary/aromatic N) is 2. The Labute approximate surface area is 159 Å². The van der Waals surface area contributed by atoms with Crippen molar-refractivity contribution < 1.29 is 22.8 Å². The number of benzene rings is 1. The van der Waals surface area contributed by atoms with Gasteiger partial charge in [-0.25, -0.2) is 4.68 Å². The van der Waals surface area contributed by atoms with Crippen molar-refractivity contribution in [2.75, 3.05) is 5.32 Å². The fourth-order valence-electron chi connectivity index (χ4n) is 4.29. The number of nitrogens with one attached hydrogen (secondary N) is 1. The van der Waals surface area contributed by atoms with Crippen LogP contribution in [0.15, 0.2) is 36.7 Å². The van der Waals surface area contributed by atoms with Crippen molar-refractivity contribution in [3.8, 4) is 5.69 Å². The van der Waals surface area contributed by atoms with E-state index in [0.717, 1.165) is 31.4 Å². The molecule has 1 amide bonds. The summed E-state index contributed by atoms with van der Waals surface area (Å²) in [7, 11) is 0. The molecule has 0 radical (unpaired) electrons. The smallest absolute Gasteiger partial charge is 0.323 e. The van der Waals surface area contributed by atoms with Crippen molar-refractivity contribution in [3.05, 3.63) is 42.2 Å². The summed E-state index contributed by atoms with van der Waals surface area (Å²) in [6, 6.07) is 4.83. The van der Waals surface area contributed by atoms with Crippen LogP contribution in [0.4, 0.5) is 18.9 Å². The number of ketones is 1. The number of amides is 1. The standard InChI is InChI=1S/C20H20F3N3O2/c21-20(22,23)15-5-2-6-17(9-15)26-11-16(10-24-26)25-19(28)14-7-12-3-1-4-13(8-14)18(12)27/h2,5-6,9-14H,1,3-4,7-8H2,(H,25,28). The van der Waals surface area contributed by atoms with Crippen molar-refractivity contribution in [1.29, 1.82) is 0 Å². The first kappa shape index (κ1) is 18.7. The number of alkyl halides is 3. The normalized spacial score (nSPS) is 24.8. The average molecular weight is 391 g/mol. The molecule has 2 bridgehead atoms. The second-order valence-corrected chi connectivity index (χ2v) is 7.61. The van der Waals surface area contributed by atoms with Gasteiger partial charge >= 0.3 is 6.18 Å². The van der Waals surface area contributed by atoms with E-state index in [1.165, 1.54) is 29.2 Å². The topological polar surface area (TPSA) is 64.0 Å². The minimum absolute atomic E-state index is 0.0175. The fourth-order valence-corrected chi connectivity index (χ4v) is 4.29. The van der Waals surface area contributed by atoms with Gasteiger partial charge in [0, 0.05) is 17.8 Å². The van der Waals surface area contributed by atoms with Crippen LogP contribution in [-0.2, 0) is 15.8 Å². The Morgan fingerprint density at radius 3 is 2.57 bits per heavy atom. The number of hydrogen-bond acceptors (Lipinski definition) is 3. The molecule has 8 heteroatoms. The molecule has 1 N–H and O–H groups in total. The van der Waals surface area contributed by atoms with Gasteiger partial charge in [-0.2, -0.15) is 18.3 Å². The van der Waals surface area contributed by atoms with Crippen LogP contribution in [0.25, 0.3) is 5.69 Å². The number of carbonyl (C=O) groups excluding carboxylic acids is 2. The molecule has 28 heavy (non-hydrogen) atoms. The van der Waals surface area contributed by atoms with Crippen LogP contribution in [-0.4, -0.2) is 21.5 Å². The van der Waals surface area contributed by atoms with E-state index in [-0.39, 0.29) is 29.3 Å². The first-order valence-electron chi connectivity index (χ1n) is 9.38. The summed E-state index contributed by atoms with van der Waals surface area (Å²) in [6.07, 6.45) is 2.36. The average Bonchev–Trinajstić information content (AvgIpc) is 3.09. The number of anilines is 1. The first-order valence-corrected chi connectivity index (χ1v) is 9.38. The van der Waals surface area contributed by atoms with Gasteiger partial charge in [-0.1, -0.05) is 12.5 Å². The Morgan fingerprint density at radius 2 is 1.89 bits per heavy atom. The summed E-state index contributed by atoms with van der Waals surface area (Å²) in [5, 5.41) is 6.85. The highest BCUT2D eigenvalue weighted by Gasteiger charge is 2.41. The van der Waals surface area contributed by atoms with Crippen molar-refractivity contribution in [2.45, 2.75) is 38.3 Å². The molecule has 2 unspecified atom stereocenters. The van der Waals surface area contributed by atoms with E-state index in [1.54, 1.807) is 0 Å². The number of Topliss-reactive ketones (excluding diaryl/α,β-unsaturated/α-hetero) is 1. The fraction of sp³-hybridized carbons (Fsp3) is 0.450. The molecule has 0 spiro atoms. The molecule has 0 aliphatic heterocycles. The Balaban J connectivity index is 1.45. The number of halogens is 3. The molecule has 2 saturated carbocycles. The third-order valence-electron chi connectivity index (χ3n) is 5.71. The number of aromatic nitrogens is 2.